The molecule has 2 aliphatic carbocycles. The second kappa shape index (κ2) is 14.7. The van der Waals surface area contributed by atoms with Gasteiger partial charge in [-0.2, -0.15) is 0 Å². The summed E-state index contributed by atoms with van der Waals surface area (Å²) in [7, 11) is 0. The minimum absolute atomic E-state index is 0.934. The van der Waals surface area contributed by atoms with Crippen molar-refractivity contribution in [2.75, 3.05) is 11.2 Å². The molecule has 268 valence electrons. The van der Waals surface area contributed by atoms with E-state index in [0.29, 0.717) is 0 Å². The van der Waals surface area contributed by atoms with E-state index in [1.54, 1.807) is 0 Å². The van der Waals surface area contributed by atoms with Gasteiger partial charge in [0.15, 0.2) is 0 Å². The van der Waals surface area contributed by atoms with Gasteiger partial charge in [0.2, 0.25) is 0 Å². The Morgan fingerprint density at radius 3 is 1.91 bits per heavy atom. The van der Waals surface area contributed by atoms with Gasteiger partial charge in [-0.1, -0.05) is 158 Å². The number of fused-ring (bicyclic) bond motifs is 4. The standard InChI is InChI=1S/C54H41NS/c1-56-54-47(40-17-6-3-7-18-40)22-12-25-51(54)53-36-45(32-33-50(53)49-24-13-23-48-46-21-11-10-20-42(46)35-52(48)49)55(44-31-28-38-16-8-9-19-41(38)34-44)43-29-26-39(27-30-43)37-14-4-2-5-15-37/h3-4,6-34,36H,2,5,35H2,1H3. The van der Waals surface area contributed by atoms with Gasteiger partial charge in [0, 0.05) is 22.0 Å². The van der Waals surface area contributed by atoms with Gasteiger partial charge in [0.1, 0.15) is 0 Å². The summed E-state index contributed by atoms with van der Waals surface area (Å²) in [5.41, 5.74) is 18.9. The number of allylic oxidation sites excluding steroid dienone is 4. The maximum Gasteiger partial charge on any atom is 0.0468 e. The molecule has 0 spiro atoms. The molecule has 0 unspecified atom stereocenters. The van der Waals surface area contributed by atoms with Crippen LogP contribution in [0.25, 0.3) is 60.9 Å². The van der Waals surface area contributed by atoms with Crippen LogP contribution in [0.4, 0.5) is 17.1 Å². The van der Waals surface area contributed by atoms with E-state index in [9.17, 15) is 0 Å². The molecule has 0 amide bonds. The highest BCUT2D eigenvalue weighted by Gasteiger charge is 2.25. The smallest absolute Gasteiger partial charge is 0.0468 e. The molecular formula is C54H41NS. The molecule has 10 rings (SSSR count). The molecule has 0 fully saturated rings. The summed E-state index contributed by atoms with van der Waals surface area (Å²) in [5.74, 6) is 0. The number of rotatable bonds is 8. The maximum absolute atomic E-state index is 2.44. The summed E-state index contributed by atoms with van der Waals surface area (Å²) in [4.78, 5) is 3.71. The van der Waals surface area contributed by atoms with E-state index in [0.717, 1.165) is 36.3 Å². The summed E-state index contributed by atoms with van der Waals surface area (Å²) in [6.45, 7) is 0. The Morgan fingerprint density at radius 1 is 0.446 bits per heavy atom. The highest BCUT2D eigenvalue weighted by Crippen LogP contribution is 2.49. The minimum Gasteiger partial charge on any atom is -0.310 e. The van der Waals surface area contributed by atoms with Gasteiger partial charge in [-0.25, -0.2) is 0 Å². The van der Waals surface area contributed by atoms with Crippen LogP contribution in [-0.2, 0) is 6.42 Å². The van der Waals surface area contributed by atoms with Crippen LogP contribution in [0, 0.1) is 0 Å². The highest BCUT2D eigenvalue weighted by atomic mass is 32.2. The number of hydrogen-bond donors (Lipinski definition) is 0. The van der Waals surface area contributed by atoms with E-state index in [2.05, 4.69) is 205 Å². The third-order valence-corrected chi connectivity index (χ3v) is 12.3. The molecule has 0 radical (unpaired) electrons. The molecule has 0 N–H and O–H groups in total. The molecular weight excluding hydrogens is 695 g/mol. The Morgan fingerprint density at radius 2 is 1.11 bits per heavy atom. The van der Waals surface area contributed by atoms with Crippen LogP contribution in [0.5, 0.6) is 0 Å². The predicted octanol–water partition coefficient (Wildman–Crippen LogP) is 15.3. The fourth-order valence-corrected chi connectivity index (χ4v) is 9.55. The molecule has 8 aromatic rings. The van der Waals surface area contributed by atoms with Crippen LogP contribution in [0.15, 0.2) is 199 Å². The van der Waals surface area contributed by atoms with E-state index in [-0.39, 0.29) is 0 Å². The topological polar surface area (TPSA) is 3.24 Å². The van der Waals surface area contributed by atoms with Gasteiger partial charge in [0.25, 0.3) is 0 Å². The van der Waals surface area contributed by atoms with Crippen molar-refractivity contribution in [1.29, 1.82) is 0 Å². The Balaban J connectivity index is 1.20. The number of thioether (sulfide) groups is 1. The van der Waals surface area contributed by atoms with Gasteiger partial charge >= 0.3 is 0 Å². The third-order valence-electron chi connectivity index (χ3n) is 11.4. The summed E-state index contributed by atoms with van der Waals surface area (Å²) < 4.78 is 0. The van der Waals surface area contributed by atoms with Crippen molar-refractivity contribution in [2.45, 2.75) is 24.2 Å². The highest BCUT2D eigenvalue weighted by molar-refractivity contribution is 7.98. The first kappa shape index (κ1) is 34.2. The van der Waals surface area contributed by atoms with Crippen molar-refractivity contribution in [2.24, 2.45) is 0 Å². The molecule has 0 aromatic heterocycles. The minimum atomic E-state index is 0.934. The average molecular weight is 736 g/mol. The Bertz CT molecular complexity index is 2810. The van der Waals surface area contributed by atoms with Gasteiger partial charge < -0.3 is 4.90 Å². The molecule has 2 heteroatoms. The van der Waals surface area contributed by atoms with E-state index in [4.69, 9.17) is 0 Å². The lowest BCUT2D eigenvalue weighted by molar-refractivity contribution is 1.04. The lowest BCUT2D eigenvalue weighted by Gasteiger charge is -2.28. The molecule has 0 saturated carbocycles. The molecule has 0 atom stereocenters. The average Bonchev–Trinajstić information content (AvgIpc) is 3.66. The van der Waals surface area contributed by atoms with Crippen LogP contribution < -0.4 is 4.90 Å². The zero-order valence-electron chi connectivity index (χ0n) is 31.5. The third kappa shape index (κ3) is 6.17. The molecule has 0 aliphatic heterocycles. The second-order valence-corrected chi connectivity index (χ2v) is 15.5. The van der Waals surface area contributed by atoms with Gasteiger partial charge in [0.05, 0.1) is 0 Å². The van der Waals surface area contributed by atoms with Gasteiger partial charge in [-0.05, 0) is 139 Å². The summed E-state index contributed by atoms with van der Waals surface area (Å²) >= 11 is 1.83. The van der Waals surface area contributed by atoms with Crippen LogP contribution in [0.1, 0.15) is 29.5 Å². The quantitative estimate of drug-likeness (QED) is 0.143. The zero-order valence-corrected chi connectivity index (χ0v) is 32.3. The molecule has 0 saturated heterocycles. The first-order valence-electron chi connectivity index (χ1n) is 19.6. The number of anilines is 3. The number of nitrogens with zero attached hydrogens (tertiary/aromatic N) is 1. The maximum atomic E-state index is 2.44. The van der Waals surface area contributed by atoms with Crippen LogP contribution >= 0.6 is 11.8 Å². The normalized spacial score (nSPS) is 13.0. The second-order valence-electron chi connectivity index (χ2n) is 14.7. The molecule has 8 aromatic carbocycles. The van der Waals surface area contributed by atoms with Crippen molar-refractivity contribution in [3.63, 3.8) is 0 Å². The predicted molar refractivity (Wildman–Crippen MR) is 241 cm³/mol. The lowest BCUT2D eigenvalue weighted by Crippen LogP contribution is -2.10. The molecule has 56 heavy (non-hydrogen) atoms. The fraction of sp³-hybridized carbons (Fsp3) is 0.0741. The van der Waals surface area contributed by atoms with Crippen molar-refractivity contribution < 1.29 is 0 Å². The summed E-state index contributed by atoms with van der Waals surface area (Å²) in [6, 6.07) is 65.2. The van der Waals surface area contributed by atoms with Gasteiger partial charge in [-0.3, -0.25) is 0 Å². The van der Waals surface area contributed by atoms with Crippen molar-refractivity contribution in [1.82, 2.24) is 0 Å². The summed E-state index contributed by atoms with van der Waals surface area (Å²) in [6.07, 6.45) is 12.2. The Labute approximate surface area is 334 Å². The molecule has 0 bridgehead atoms. The first-order valence-corrected chi connectivity index (χ1v) is 20.8. The SMILES string of the molecule is CSc1c(-c2ccccc2)cccc1-c1cc(N(c2ccc(C3=CCCC=C3)cc2)c2ccc3ccccc3c2)ccc1-c1cccc2c1Cc1ccccc1-2. The Hall–Kier alpha value is -6.35. The van der Waals surface area contributed by atoms with E-state index < -0.39 is 0 Å². The fourth-order valence-electron chi connectivity index (χ4n) is 8.75. The largest absolute Gasteiger partial charge is 0.310 e. The monoisotopic (exact) mass is 735 g/mol. The van der Waals surface area contributed by atoms with Gasteiger partial charge in [-0.15, -0.1) is 11.8 Å². The van der Waals surface area contributed by atoms with Crippen molar-refractivity contribution in [3.8, 4) is 44.5 Å². The summed E-state index contributed by atoms with van der Waals surface area (Å²) in [5, 5.41) is 2.46. The van der Waals surface area contributed by atoms with Crippen molar-refractivity contribution in [3.05, 3.63) is 211 Å². The number of hydrogen-bond acceptors (Lipinski definition) is 2. The van der Waals surface area contributed by atoms with Crippen LogP contribution in [0.3, 0.4) is 0 Å². The Kier molecular flexibility index (Phi) is 8.97. The van der Waals surface area contributed by atoms with Crippen molar-refractivity contribution >= 4 is 45.2 Å². The number of benzene rings is 8. The lowest BCUT2D eigenvalue weighted by atomic mass is 9.88. The van der Waals surface area contributed by atoms with Crippen LogP contribution in [0.2, 0.25) is 0 Å². The van der Waals surface area contributed by atoms with Crippen LogP contribution in [-0.4, -0.2) is 6.26 Å². The molecule has 0 heterocycles. The molecule has 2 aliphatic rings. The first-order chi connectivity index (χ1) is 27.7. The van der Waals surface area contributed by atoms with E-state index in [1.165, 1.54) is 82.4 Å². The molecule has 1 nitrogen and oxygen atoms in total. The zero-order chi connectivity index (χ0) is 37.4. The van der Waals surface area contributed by atoms with E-state index >= 15 is 0 Å². The van der Waals surface area contributed by atoms with E-state index in [1.807, 2.05) is 11.8 Å².